The second-order valence-electron chi connectivity index (χ2n) is 5.51. The third-order valence-electron chi connectivity index (χ3n) is 3.69. The summed E-state index contributed by atoms with van der Waals surface area (Å²) in [5, 5.41) is 0. The van der Waals surface area contributed by atoms with Gasteiger partial charge in [-0.25, -0.2) is 0 Å². The first-order valence-electron chi connectivity index (χ1n) is 6.68. The third kappa shape index (κ3) is 4.41. The normalized spacial score (nSPS) is 14.7. The highest BCUT2D eigenvalue weighted by atomic mass is 16.5. The Morgan fingerprint density at radius 1 is 0.941 bits per heavy atom. The van der Waals surface area contributed by atoms with E-state index in [4.69, 9.17) is 4.74 Å². The van der Waals surface area contributed by atoms with E-state index in [2.05, 4.69) is 52.0 Å². The molecule has 2 unspecified atom stereocenters. The van der Waals surface area contributed by atoms with Gasteiger partial charge in [0.05, 0.1) is 7.11 Å². The van der Waals surface area contributed by atoms with Crippen LogP contribution in [0, 0.1) is 11.8 Å². The van der Waals surface area contributed by atoms with Crippen molar-refractivity contribution < 1.29 is 4.74 Å². The van der Waals surface area contributed by atoms with E-state index in [9.17, 15) is 0 Å². The molecule has 0 aliphatic carbocycles. The smallest absolute Gasteiger partial charge is 0.118 e. The molecule has 0 aliphatic heterocycles. The Bertz CT molecular complexity index is 313. The lowest BCUT2D eigenvalue weighted by Crippen LogP contribution is -2.07. The van der Waals surface area contributed by atoms with Crippen molar-refractivity contribution in [2.75, 3.05) is 7.11 Å². The van der Waals surface area contributed by atoms with Gasteiger partial charge < -0.3 is 4.74 Å². The molecule has 96 valence electrons. The number of hydrogen-bond acceptors (Lipinski definition) is 1. The summed E-state index contributed by atoms with van der Waals surface area (Å²) in [6.07, 6.45) is 2.63. The zero-order chi connectivity index (χ0) is 12.8. The number of benzene rings is 1. The van der Waals surface area contributed by atoms with E-state index in [0.717, 1.165) is 17.6 Å². The second-order valence-corrected chi connectivity index (χ2v) is 5.51. The van der Waals surface area contributed by atoms with E-state index in [1.807, 2.05) is 0 Å². The van der Waals surface area contributed by atoms with E-state index in [-0.39, 0.29) is 0 Å². The van der Waals surface area contributed by atoms with Gasteiger partial charge in [0, 0.05) is 0 Å². The Kier molecular flexibility index (Phi) is 5.54. The monoisotopic (exact) mass is 234 g/mol. The number of ether oxygens (including phenoxy) is 1. The fourth-order valence-corrected chi connectivity index (χ4v) is 2.08. The Balaban J connectivity index is 2.58. The van der Waals surface area contributed by atoms with Crippen LogP contribution in [0.25, 0.3) is 0 Å². The minimum atomic E-state index is 0.625. The molecule has 1 nitrogen and oxygen atoms in total. The molecule has 0 fully saturated rings. The van der Waals surface area contributed by atoms with Crippen LogP contribution in [0.3, 0.4) is 0 Å². The number of methoxy groups -OCH3 is 1. The molecule has 0 aliphatic rings. The molecule has 0 heterocycles. The minimum absolute atomic E-state index is 0.625. The largest absolute Gasteiger partial charge is 0.497 e. The quantitative estimate of drug-likeness (QED) is 0.682. The van der Waals surface area contributed by atoms with Gasteiger partial charge in [-0.2, -0.15) is 0 Å². The summed E-state index contributed by atoms with van der Waals surface area (Å²) in [6.45, 7) is 9.28. The maximum atomic E-state index is 5.19. The molecular weight excluding hydrogens is 208 g/mol. The first-order chi connectivity index (χ1) is 8.04. The maximum Gasteiger partial charge on any atom is 0.118 e. The lowest BCUT2D eigenvalue weighted by molar-refractivity contribution is 0.400. The highest BCUT2D eigenvalue weighted by Gasteiger charge is 2.14. The van der Waals surface area contributed by atoms with Crippen molar-refractivity contribution in [2.24, 2.45) is 11.8 Å². The fraction of sp³-hybridized carbons (Fsp3) is 0.625. The van der Waals surface area contributed by atoms with Gasteiger partial charge in [0.2, 0.25) is 0 Å². The third-order valence-corrected chi connectivity index (χ3v) is 3.69. The standard InChI is InChI=1S/C16H26O/c1-12(2)6-7-13(3)14(4)15-8-10-16(17-5)11-9-15/h8-14H,6-7H2,1-5H3. The number of hydrogen-bond donors (Lipinski definition) is 0. The molecular formula is C16H26O. The topological polar surface area (TPSA) is 9.23 Å². The fourth-order valence-electron chi connectivity index (χ4n) is 2.08. The molecule has 1 rings (SSSR count). The van der Waals surface area contributed by atoms with Gasteiger partial charge in [0.1, 0.15) is 5.75 Å². The molecule has 0 saturated heterocycles. The number of rotatable bonds is 6. The van der Waals surface area contributed by atoms with Crippen molar-refractivity contribution >= 4 is 0 Å². The van der Waals surface area contributed by atoms with Crippen molar-refractivity contribution in [3.63, 3.8) is 0 Å². The average molecular weight is 234 g/mol. The van der Waals surface area contributed by atoms with Gasteiger partial charge in [-0.1, -0.05) is 46.2 Å². The van der Waals surface area contributed by atoms with Crippen LogP contribution in [0.5, 0.6) is 5.75 Å². The van der Waals surface area contributed by atoms with Gasteiger partial charge in [0.25, 0.3) is 0 Å². The van der Waals surface area contributed by atoms with Crippen LogP contribution in [-0.2, 0) is 0 Å². The highest BCUT2D eigenvalue weighted by Crippen LogP contribution is 2.29. The summed E-state index contributed by atoms with van der Waals surface area (Å²) < 4.78 is 5.19. The maximum absolute atomic E-state index is 5.19. The van der Waals surface area contributed by atoms with E-state index in [0.29, 0.717) is 5.92 Å². The molecule has 0 aromatic heterocycles. The molecule has 1 aromatic carbocycles. The predicted molar refractivity (Wildman–Crippen MR) is 74.6 cm³/mol. The Hall–Kier alpha value is -0.980. The lowest BCUT2D eigenvalue weighted by Gasteiger charge is -2.21. The molecule has 0 spiro atoms. The van der Waals surface area contributed by atoms with Crippen LogP contribution >= 0.6 is 0 Å². The van der Waals surface area contributed by atoms with E-state index in [1.165, 1.54) is 18.4 Å². The predicted octanol–water partition coefficient (Wildman–Crippen LogP) is 4.87. The van der Waals surface area contributed by atoms with Gasteiger partial charge in [-0.05, 0) is 41.9 Å². The average Bonchev–Trinajstić information content (AvgIpc) is 2.35. The zero-order valence-corrected chi connectivity index (χ0v) is 11.9. The molecule has 0 amide bonds. The zero-order valence-electron chi connectivity index (χ0n) is 11.9. The first kappa shape index (κ1) is 14.1. The van der Waals surface area contributed by atoms with Crippen molar-refractivity contribution in [1.29, 1.82) is 0 Å². The molecule has 1 heteroatoms. The Labute approximate surface area is 106 Å². The van der Waals surface area contributed by atoms with Crippen LogP contribution in [-0.4, -0.2) is 7.11 Å². The van der Waals surface area contributed by atoms with Crippen molar-refractivity contribution in [1.82, 2.24) is 0 Å². The Morgan fingerprint density at radius 2 is 1.53 bits per heavy atom. The molecule has 0 N–H and O–H groups in total. The summed E-state index contributed by atoms with van der Waals surface area (Å²) in [4.78, 5) is 0. The minimum Gasteiger partial charge on any atom is -0.497 e. The van der Waals surface area contributed by atoms with Crippen LogP contribution in [0.15, 0.2) is 24.3 Å². The van der Waals surface area contributed by atoms with E-state index < -0.39 is 0 Å². The van der Waals surface area contributed by atoms with Gasteiger partial charge in [-0.15, -0.1) is 0 Å². The van der Waals surface area contributed by atoms with Crippen LogP contribution in [0.2, 0.25) is 0 Å². The highest BCUT2D eigenvalue weighted by molar-refractivity contribution is 5.29. The second kappa shape index (κ2) is 6.68. The summed E-state index contributed by atoms with van der Waals surface area (Å²) in [7, 11) is 1.71. The van der Waals surface area contributed by atoms with Crippen LogP contribution < -0.4 is 4.74 Å². The molecule has 0 bridgehead atoms. The van der Waals surface area contributed by atoms with E-state index >= 15 is 0 Å². The molecule has 2 atom stereocenters. The van der Waals surface area contributed by atoms with E-state index in [1.54, 1.807) is 7.11 Å². The lowest BCUT2D eigenvalue weighted by atomic mass is 9.84. The molecule has 1 aromatic rings. The van der Waals surface area contributed by atoms with Crippen LogP contribution in [0.4, 0.5) is 0 Å². The van der Waals surface area contributed by atoms with Crippen molar-refractivity contribution in [2.45, 2.75) is 46.5 Å². The van der Waals surface area contributed by atoms with Crippen molar-refractivity contribution in [3.05, 3.63) is 29.8 Å². The summed E-state index contributed by atoms with van der Waals surface area (Å²) in [6, 6.07) is 8.49. The van der Waals surface area contributed by atoms with Crippen LogP contribution in [0.1, 0.15) is 52.0 Å². The summed E-state index contributed by atoms with van der Waals surface area (Å²) >= 11 is 0. The molecule has 0 saturated carbocycles. The van der Waals surface area contributed by atoms with Gasteiger partial charge >= 0.3 is 0 Å². The van der Waals surface area contributed by atoms with Gasteiger partial charge in [0.15, 0.2) is 0 Å². The first-order valence-corrected chi connectivity index (χ1v) is 6.68. The van der Waals surface area contributed by atoms with Crippen molar-refractivity contribution in [3.8, 4) is 5.75 Å². The summed E-state index contributed by atoms with van der Waals surface area (Å²) in [5.74, 6) is 3.11. The molecule has 17 heavy (non-hydrogen) atoms. The molecule has 0 radical (unpaired) electrons. The summed E-state index contributed by atoms with van der Waals surface area (Å²) in [5.41, 5.74) is 1.42. The Morgan fingerprint density at radius 3 is 2.00 bits per heavy atom. The van der Waals surface area contributed by atoms with Gasteiger partial charge in [-0.3, -0.25) is 0 Å². The SMILES string of the molecule is COc1ccc(C(C)C(C)CCC(C)C)cc1.